The molecular weight excluding hydrogens is 338 g/mol. The van der Waals surface area contributed by atoms with Crippen LogP contribution in [0.25, 0.3) is 0 Å². The first-order chi connectivity index (χ1) is 11.6. The van der Waals surface area contributed by atoms with E-state index in [1.807, 2.05) is 4.90 Å². The largest absolute Gasteiger partial charge is 0.348 e. The van der Waals surface area contributed by atoms with Gasteiger partial charge >= 0.3 is 0 Å². The molecule has 0 aliphatic heterocycles. The van der Waals surface area contributed by atoms with Gasteiger partial charge < -0.3 is 16.0 Å². The molecule has 1 aliphatic carbocycles. The molecule has 1 aromatic rings. The van der Waals surface area contributed by atoms with Gasteiger partial charge in [0.25, 0.3) is 11.8 Å². The van der Waals surface area contributed by atoms with Gasteiger partial charge in [-0.1, -0.05) is 19.9 Å². The zero-order chi connectivity index (χ0) is 17.5. The van der Waals surface area contributed by atoms with E-state index in [0.717, 1.165) is 38.8 Å². The topological polar surface area (TPSA) is 75.4 Å². The Morgan fingerprint density at radius 1 is 1.20 bits per heavy atom. The third kappa shape index (κ3) is 6.01. The molecule has 6 heteroatoms. The van der Waals surface area contributed by atoms with Crippen molar-refractivity contribution in [2.24, 2.45) is 11.7 Å². The van der Waals surface area contributed by atoms with E-state index in [2.05, 4.69) is 19.2 Å². The summed E-state index contributed by atoms with van der Waals surface area (Å²) in [5.74, 6) is 0.351. The van der Waals surface area contributed by atoms with Crippen molar-refractivity contribution in [3.8, 4) is 0 Å². The molecule has 140 valence electrons. The molecule has 5 nitrogen and oxygen atoms in total. The lowest BCUT2D eigenvalue weighted by molar-refractivity contribution is 0.0755. The quantitative estimate of drug-likeness (QED) is 0.704. The maximum absolute atomic E-state index is 12.7. The summed E-state index contributed by atoms with van der Waals surface area (Å²) < 4.78 is 0. The number of nitrogens with one attached hydrogen (secondary N) is 1. The highest BCUT2D eigenvalue weighted by atomic mass is 35.5. The number of nitrogens with two attached hydrogens (primary N) is 1. The van der Waals surface area contributed by atoms with E-state index in [1.54, 1.807) is 24.3 Å². The van der Waals surface area contributed by atoms with Crippen LogP contribution in [0, 0.1) is 5.92 Å². The van der Waals surface area contributed by atoms with Gasteiger partial charge in [-0.15, -0.1) is 12.4 Å². The van der Waals surface area contributed by atoms with Gasteiger partial charge in [-0.3, -0.25) is 9.59 Å². The number of benzene rings is 1. The molecule has 0 aromatic heterocycles. The first-order valence-corrected chi connectivity index (χ1v) is 9.00. The number of carbonyl (C=O) groups is 2. The number of hydrogen-bond donors (Lipinski definition) is 2. The fraction of sp³-hybridized carbons (Fsp3) is 0.579. The van der Waals surface area contributed by atoms with Gasteiger partial charge in [0.1, 0.15) is 0 Å². The first kappa shape index (κ1) is 21.5. The second-order valence-electron chi connectivity index (χ2n) is 6.53. The Kier molecular flexibility index (Phi) is 8.93. The fourth-order valence-corrected chi connectivity index (χ4v) is 2.95. The molecule has 0 bridgehead atoms. The Hall–Kier alpha value is -1.59. The average Bonchev–Trinajstić information content (AvgIpc) is 3.43. The van der Waals surface area contributed by atoms with Crippen molar-refractivity contribution in [3.05, 3.63) is 35.4 Å². The van der Waals surface area contributed by atoms with Crippen LogP contribution in [0.15, 0.2) is 24.3 Å². The van der Waals surface area contributed by atoms with Crippen LogP contribution in [0.2, 0.25) is 0 Å². The molecule has 2 amide bonds. The standard InChI is InChI=1S/C19H29N3O2.ClH/c1-3-10-22(11-4-2)19(24)16-7-5-6-15(12-16)18(23)21-17(13-20)14-8-9-14;/h5-7,12,14,17H,3-4,8-11,13,20H2,1-2H3,(H,21,23);1H. The number of carbonyl (C=O) groups excluding carboxylic acids is 2. The Morgan fingerprint density at radius 3 is 2.32 bits per heavy atom. The number of hydrogen-bond acceptors (Lipinski definition) is 3. The van der Waals surface area contributed by atoms with Gasteiger partial charge in [0.15, 0.2) is 0 Å². The van der Waals surface area contributed by atoms with Crippen LogP contribution in [0.4, 0.5) is 0 Å². The van der Waals surface area contributed by atoms with Crippen LogP contribution in [0.5, 0.6) is 0 Å². The van der Waals surface area contributed by atoms with E-state index in [0.29, 0.717) is 23.6 Å². The van der Waals surface area contributed by atoms with Crippen molar-refractivity contribution in [3.63, 3.8) is 0 Å². The van der Waals surface area contributed by atoms with E-state index in [9.17, 15) is 9.59 Å². The first-order valence-electron chi connectivity index (χ1n) is 9.00. The van der Waals surface area contributed by atoms with Crippen LogP contribution in [-0.2, 0) is 0 Å². The molecular formula is C19H30ClN3O2. The molecule has 1 fully saturated rings. The minimum atomic E-state index is -0.149. The van der Waals surface area contributed by atoms with Crippen molar-refractivity contribution in [1.29, 1.82) is 0 Å². The van der Waals surface area contributed by atoms with Gasteiger partial charge in [-0.25, -0.2) is 0 Å². The normalized spacial score (nSPS) is 14.4. The highest BCUT2D eigenvalue weighted by Gasteiger charge is 2.31. The Morgan fingerprint density at radius 2 is 1.80 bits per heavy atom. The highest BCUT2D eigenvalue weighted by molar-refractivity contribution is 5.99. The van der Waals surface area contributed by atoms with E-state index in [4.69, 9.17) is 5.73 Å². The van der Waals surface area contributed by atoms with E-state index < -0.39 is 0 Å². The smallest absolute Gasteiger partial charge is 0.253 e. The lowest BCUT2D eigenvalue weighted by Gasteiger charge is -2.22. The van der Waals surface area contributed by atoms with Crippen LogP contribution < -0.4 is 11.1 Å². The maximum atomic E-state index is 12.7. The van der Waals surface area contributed by atoms with Crippen molar-refractivity contribution in [2.75, 3.05) is 19.6 Å². The van der Waals surface area contributed by atoms with Gasteiger partial charge in [0, 0.05) is 36.8 Å². The molecule has 1 aliphatic rings. The summed E-state index contributed by atoms with van der Waals surface area (Å²) >= 11 is 0. The molecule has 1 saturated carbocycles. The third-order valence-corrected chi connectivity index (χ3v) is 4.41. The number of amides is 2. The molecule has 0 radical (unpaired) electrons. The average molecular weight is 368 g/mol. The molecule has 0 heterocycles. The lowest BCUT2D eigenvalue weighted by Crippen LogP contribution is -2.41. The molecule has 1 aromatic carbocycles. The van der Waals surface area contributed by atoms with Crippen molar-refractivity contribution in [2.45, 2.75) is 45.6 Å². The second-order valence-corrected chi connectivity index (χ2v) is 6.53. The Bertz CT molecular complexity index is 570. The molecule has 0 spiro atoms. The van der Waals surface area contributed by atoms with Gasteiger partial charge in [-0.2, -0.15) is 0 Å². The molecule has 3 N–H and O–H groups in total. The van der Waals surface area contributed by atoms with Crippen LogP contribution in [-0.4, -0.2) is 42.4 Å². The fourth-order valence-electron chi connectivity index (χ4n) is 2.95. The number of nitrogens with zero attached hydrogens (tertiary/aromatic N) is 1. The second kappa shape index (κ2) is 10.4. The molecule has 25 heavy (non-hydrogen) atoms. The number of rotatable bonds is 9. The van der Waals surface area contributed by atoms with E-state index in [-0.39, 0.29) is 30.3 Å². The van der Waals surface area contributed by atoms with E-state index in [1.165, 1.54) is 0 Å². The number of halogens is 1. The van der Waals surface area contributed by atoms with E-state index >= 15 is 0 Å². The summed E-state index contributed by atoms with van der Waals surface area (Å²) in [6.45, 7) is 6.05. The summed E-state index contributed by atoms with van der Waals surface area (Å²) in [6.07, 6.45) is 4.10. The lowest BCUT2D eigenvalue weighted by atomic mass is 10.1. The summed E-state index contributed by atoms with van der Waals surface area (Å²) in [5.41, 5.74) is 6.84. The van der Waals surface area contributed by atoms with Crippen molar-refractivity contribution < 1.29 is 9.59 Å². The predicted octanol–water partition coefficient (Wildman–Crippen LogP) is 2.84. The SMILES string of the molecule is CCCN(CCC)C(=O)c1cccc(C(=O)NC(CN)C2CC2)c1.Cl. The van der Waals surface area contributed by atoms with Crippen LogP contribution >= 0.6 is 12.4 Å². The molecule has 1 unspecified atom stereocenters. The van der Waals surface area contributed by atoms with Crippen LogP contribution in [0.1, 0.15) is 60.2 Å². The van der Waals surface area contributed by atoms with Crippen molar-refractivity contribution in [1.82, 2.24) is 10.2 Å². The summed E-state index contributed by atoms with van der Waals surface area (Å²) in [7, 11) is 0. The maximum Gasteiger partial charge on any atom is 0.253 e. The molecule has 1 atom stereocenters. The van der Waals surface area contributed by atoms with Crippen LogP contribution in [0.3, 0.4) is 0 Å². The highest BCUT2D eigenvalue weighted by Crippen LogP contribution is 2.32. The Balaban J connectivity index is 0.00000312. The van der Waals surface area contributed by atoms with Crippen molar-refractivity contribution >= 4 is 24.2 Å². The van der Waals surface area contributed by atoms with Gasteiger partial charge in [0.05, 0.1) is 0 Å². The Labute approximate surface area is 156 Å². The predicted molar refractivity (Wildman–Crippen MR) is 103 cm³/mol. The molecule has 0 saturated heterocycles. The minimum absolute atomic E-state index is 0. The zero-order valence-electron chi connectivity index (χ0n) is 15.2. The summed E-state index contributed by atoms with van der Waals surface area (Å²) in [5, 5.41) is 3.00. The van der Waals surface area contributed by atoms with Gasteiger partial charge in [0.2, 0.25) is 0 Å². The monoisotopic (exact) mass is 367 g/mol. The van der Waals surface area contributed by atoms with Gasteiger partial charge in [-0.05, 0) is 49.8 Å². The summed E-state index contributed by atoms with van der Waals surface area (Å²) in [4.78, 5) is 27.0. The zero-order valence-corrected chi connectivity index (χ0v) is 16.0. The minimum Gasteiger partial charge on any atom is -0.348 e. The summed E-state index contributed by atoms with van der Waals surface area (Å²) in [6, 6.07) is 7.02. The molecule has 2 rings (SSSR count). The third-order valence-electron chi connectivity index (χ3n) is 4.41.